The third-order valence-electron chi connectivity index (χ3n) is 3.11. The second-order valence-corrected chi connectivity index (χ2v) is 4.41. The SMILES string of the molecule is C[C@H](N)C(=O)NC1CCCc2c1cnn2C. The fourth-order valence-electron chi connectivity index (χ4n) is 2.16. The molecule has 0 saturated heterocycles. The van der Waals surface area contributed by atoms with E-state index in [1.165, 1.54) is 5.69 Å². The van der Waals surface area contributed by atoms with Crippen LogP contribution < -0.4 is 11.1 Å². The van der Waals surface area contributed by atoms with Crippen molar-refractivity contribution in [2.24, 2.45) is 12.8 Å². The summed E-state index contributed by atoms with van der Waals surface area (Å²) in [6.07, 6.45) is 4.94. The van der Waals surface area contributed by atoms with E-state index in [1.807, 2.05) is 17.9 Å². The lowest BCUT2D eigenvalue weighted by Gasteiger charge is -2.24. The van der Waals surface area contributed by atoms with Gasteiger partial charge < -0.3 is 11.1 Å². The van der Waals surface area contributed by atoms with E-state index in [-0.39, 0.29) is 11.9 Å². The number of nitrogens with zero attached hydrogens (tertiary/aromatic N) is 2. The predicted molar refractivity (Wildman–Crippen MR) is 60.7 cm³/mol. The van der Waals surface area contributed by atoms with Crippen LogP contribution in [0.25, 0.3) is 0 Å². The number of hydrogen-bond acceptors (Lipinski definition) is 3. The van der Waals surface area contributed by atoms with Crippen LogP contribution in [-0.2, 0) is 18.3 Å². The van der Waals surface area contributed by atoms with E-state index in [2.05, 4.69) is 10.4 Å². The first-order valence-corrected chi connectivity index (χ1v) is 5.66. The van der Waals surface area contributed by atoms with Crippen LogP contribution in [0.1, 0.15) is 37.1 Å². The first-order valence-electron chi connectivity index (χ1n) is 5.66. The molecule has 0 saturated carbocycles. The van der Waals surface area contributed by atoms with E-state index < -0.39 is 6.04 Å². The van der Waals surface area contributed by atoms with Gasteiger partial charge in [-0.1, -0.05) is 0 Å². The average Bonchev–Trinajstić information content (AvgIpc) is 2.62. The molecule has 0 bridgehead atoms. The summed E-state index contributed by atoms with van der Waals surface area (Å²) in [6.45, 7) is 1.70. The summed E-state index contributed by atoms with van der Waals surface area (Å²) >= 11 is 0. The molecule has 1 aliphatic carbocycles. The van der Waals surface area contributed by atoms with Crippen LogP contribution >= 0.6 is 0 Å². The van der Waals surface area contributed by atoms with Gasteiger partial charge in [0.05, 0.1) is 18.3 Å². The first kappa shape index (κ1) is 11.1. The number of fused-ring (bicyclic) bond motifs is 1. The van der Waals surface area contributed by atoms with Gasteiger partial charge in [-0.3, -0.25) is 9.48 Å². The minimum Gasteiger partial charge on any atom is -0.348 e. The van der Waals surface area contributed by atoms with Crippen molar-refractivity contribution >= 4 is 5.91 Å². The van der Waals surface area contributed by atoms with Crippen molar-refractivity contribution in [2.75, 3.05) is 0 Å². The standard InChI is InChI=1S/C11H18N4O/c1-7(12)11(16)14-9-4-3-5-10-8(9)6-13-15(10)2/h6-7,9H,3-5,12H2,1-2H3,(H,14,16)/t7-,9?/m0/s1. The van der Waals surface area contributed by atoms with Crippen LogP contribution in [0.4, 0.5) is 0 Å². The largest absolute Gasteiger partial charge is 0.348 e. The number of carbonyl (C=O) groups excluding carboxylic acids is 1. The number of nitrogens with two attached hydrogens (primary N) is 1. The lowest BCUT2D eigenvalue weighted by Crippen LogP contribution is -2.41. The topological polar surface area (TPSA) is 72.9 Å². The second-order valence-electron chi connectivity index (χ2n) is 4.41. The Hall–Kier alpha value is -1.36. The number of rotatable bonds is 2. The number of nitrogens with one attached hydrogen (secondary N) is 1. The highest BCUT2D eigenvalue weighted by Crippen LogP contribution is 2.28. The van der Waals surface area contributed by atoms with Gasteiger partial charge in [-0.2, -0.15) is 5.10 Å². The van der Waals surface area contributed by atoms with Gasteiger partial charge in [-0.15, -0.1) is 0 Å². The molecule has 1 unspecified atom stereocenters. The van der Waals surface area contributed by atoms with Crippen LogP contribution in [0.15, 0.2) is 6.20 Å². The third kappa shape index (κ3) is 1.95. The normalized spacial score (nSPS) is 21.3. The van der Waals surface area contributed by atoms with Crippen molar-refractivity contribution in [1.29, 1.82) is 0 Å². The Morgan fingerprint density at radius 3 is 3.19 bits per heavy atom. The van der Waals surface area contributed by atoms with Crippen molar-refractivity contribution in [1.82, 2.24) is 15.1 Å². The maximum absolute atomic E-state index is 11.6. The van der Waals surface area contributed by atoms with E-state index in [1.54, 1.807) is 6.92 Å². The second kappa shape index (κ2) is 4.25. The molecular formula is C11H18N4O. The van der Waals surface area contributed by atoms with Crippen LogP contribution in [0.3, 0.4) is 0 Å². The van der Waals surface area contributed by atoms with Crippen molar-refractivity contribution in [3.8, 4) is 0 Å². The van der Waals surface area contributed by atoms with E-state index >= 15 is 0 Å². The zero-order valence-corrected chi connectivity index (χ0v) is 9.73. The third-order valence-corrected chi connectivity index (χ3v) is 3.11. The highest BCUT2D eigenvalue weighted by molar-refractivity contribution is 5.81. The van der Waals surface area contributed by atoms with E-state index in [4.69, 9.17) is 5.73 Å². The van der Waals surface area contributed by atoms with Gasteiger partial charge in [0.15, 0.2) is 0 Å². The predicted octanol–water partition coefficient (Wildman–Crippen LogP) is 0.261. The van der Waals surface area contributed by atoms with Gasteiger partial charge >= 0.3 is 0 Å². The fraction of sp³-hybridized carbons (Fsp3) is 0.636. The summed E-state index contributed by atoms with van der Waals surface area (Å²) in [5, 5.41) is 7.21. The molecule has 1 amide bonds. The van der Waals surface area contributed by atoms with Crippen LogP contribution in [0.2, 0.25) is 0 Å². The van der Waals surface area contributed by atoms with Crippen LogP contribution in [0, 0.1) is 0 Å². The molecule has 16 heavy (non-hydrogen) atoms. The highest BCUT2D eigenvalue weighted by Gasteiger charge is 2.25. The van der Waals surface area contributed by atoms with E-state index in [0.29, 0.717) is 0 Å². The highest BCUT2D eigenvalue weighted by atomic mass is 16.2. The maximum Gasteiger partial charge on any atom is 0.237 e. The summed E-state index contributed by atoms with van der Waals surface area (Å²) in [6, 6.07) is -0.377. The maximum atomic E-state index is 11.6. The lowest BCUT2D eigenvalue weighted by molar-refractivity contribution is -0.122. The number of aryl methyl sites for hydroxylation is 1. The average molecular weight is 222 g/mol. The Morgan fingerprint density at radius 2 is 2.50 bits per heavy atom. The van der Waals surface area contributed by atoms with Gasteiger partial charge in [0.1, 0.15) is 0 Å². The summed E-state index contributed by atoms with van der Waals surface area (Å²) in [5.41, 5.74) is 7.91. The van der Waals surface area contributed by atoms with Crippen molar-refractivity contribution in [2.45, 2.75) is 38.3 Å². The van der Waals surface area contributed by atoms with Gasteiger partial charge in [0.2, 0.25) is 5.91 Å². The van der Waals surface area contributed by atoms with Crippen molar-refractivity contribution in [3.63, 3.8) is 0 Å². The molecule has 0 aromatic carbocycles. The van der Waals surface area contributed by atoms with Gasteiger partial charge in [0.25, 0.3) is 0 Å². The van der Waals surface area contributed by atoms with Crippen LogP contribution in [-0.4, -0.2) is 21.7 Å². The molecule has 0 fully saturated rings. The zero-order valence-electron chi connectivity index (χ0n) is 9.73. The van der Waals surface area contributed by atoms with Crippen LogP contribution in [0.5, 0.6) is 0 Å². The molecule has 5 heteroatoms. The molecule has 1 aliphatic rings. The fourth-order valence-corrected chi connectivity index (χ4v) is 2.16. The minimum atomic E-state index is -0.456. The molecule has 2 rings (SSSR count). The molecule has 1 aromatic rings. The molecule has 3 N–H and O–H groups in total. The van der Waals surface area contributed by atoms with E-state index in [0.717, 1.165) is 24.8 Å². The number of amides is 1. The number of carbonyl (C=O) groups is 1. The molecule has 1 heterocycles. The molecule has 0 spiro atoms. The molecule has 5 nitrogen and oxygen atoms in total. The van der Waals surface area contributed by atoms with Gasteiger partial charge in [-0.25, -0.2) is 0 Å². The summed E-state index contributed by atoms with van der Waals surface area (Å²) in [7, 11) is 1.94. The summed E-state index contributed by atoms with van der Waals surface area (Å²) in [5.74, 6) is -0.0956. The molecule has 0 aliphatic heterocycles. The Labute approximate surface area is 95.0 Å². The monoisotopic (exact) mass is 222 g/mol. The smallest absolute Gasteiger partial charge is 0.237 e. The minimum absolute atomic E-state index is 0.0796. The molecular weight excluding hydrogens is 204 g/mol. The van der Waals surface area contributed by atoms with Gasteiger partial charge in [0, 0.05) is 18.3 Å². The number of aromatic nitrogens is 2. The zero-order chi connectivity index (χ0) is 11.7. The Bertz CT molecular complexity index is 397. The van der Waals surface area contributed by atoms with Crippen molar-refractivity contribution in [3.05, 3.63) is 17.5 Å². The Balaban J connectivity index is 2.16. The summed E-state index contributed by atoms with van der Waals surface area (Å²) < 4.78 is 1.89. The number of hydrogen-bond donors (Lipinski definition) is 2. The lowest BCUT2D eigenvalue weighted by atomic mass is 9.93. The first-order chi connectivity index (χ1) is 7.59. The molecule has 88 valence electrons. The van der Waals surface area contributed by atoms with Crippen molar-refractivity contribution < 1.29 is 4.79 Å². The molecule has 2 atom stereocenters. The van der Waals surface area contributed by atoms with Gasteiger partial charge in [-0.05, 0) is 26.2 Å². The molecule has 0 radical (unpaired) electrons. The van der Waals surface area contributed by atoms with E-state index in [9.17, 15) is 4.79 Å². The Kier molecular flexibility index (Phi) is 2.96. The Morgan fingerprint density at radius 1 is 1.75 bits per heavy atom. The summed E-state index contributed by atoms with van der Waals surface area (Å²) in [4.78, 5) is 11.6. The molecule has 1 aromatic heterocycles. The quantitative estimate of drug-likeness (QED) is 0.754.